The molecule has 144 valence electrons. The van der Waals surface area contributed by atoms with Crippen molar-refractivity contribution >= 4 is 40.3 Å². The van der Waals surface area contributed by atoms with E-state index in [1.54, 1.807) is 6.33 Å². The summed E-state index contributed by atoms with van der Waals surface area (Å²) in [5, 5.41) is 0.358. The molecule has 1 amide bonds. The molecule has 0 bridgehead atoms. The standard InChI is InChI=1S/C20H21ClN6O/c1-13-5-2-3-6-14(13)27-10-8-20(18(27)28)7-4-9-26(11-20)19-24-16(21)15-17(25-19)23-12-22-15/h2-3,5-6,12H,4,7-11H2,1H3,(H,22,23,24,25). The van der Waals surface area contributed by atoms with Crippen LogP contribution in [0.4, 0.5) is 11.6 Å². The topological polar surface area (TPSA) is 78.0 Å². The number of carbonyl (C=O) groups is 1. The maximum atomic E-state index is 13.5. The van der Waals surface area contributed by atoms with Gasteiger partial charge in [0.1, 0.15) is 5.52 Å². The molecule has 5 rings (SSSR count). The smallest absolute Gasteiger partial charge is 0.235 e. The number of amides is 1. The number of halogens is 1. The molecule has 2 fully saturated rings. The van der Waals surface area contributed by atoms with Gasteiger partial charge in [-0.15, -0.1) is 0 Å². The Morgan fingerprint density at radius 3 is 2.89 bits per heavy atom. The fraction of sp³-hybridized carbons (Fsp3) is 0.400. The number of aryl methyl sites for hydroxylation is 1. The molecule has 1 atom stereocenters. The number of H-pyrrole nitrogens is 1. The van der Waals surface area contributed by atoms with E-state index in [9.17, 15) is 4.79 Å². The van der Waals surface area contributed by atoms with E-state index in [4.69, 9.17) is 11.6 Å². The highest BCUT2D eigenvalue weighted by Crippen LogP contribution is 2.43. The first kappa shape index (κ1) is 17.4. The van der Waals surface area contributed by atoms with Gasteiger partial charge in [-0.05, 0) is 37.8 Å². The van der Waals surface area contributed by atoms with Gasteiger partial charge in [0.25, 0.3) is 0 Å². The monoisotopic (exact) mass is 396 g/mol. The van der Waals surface area contributed by atoms with Gasteiger partial charge in [0.05, 0.1) is 11.7 Å². The van der Waals surface area contributed by atoms with Crippen LogP contribution in [-0.2, 0) is 4.79 Å². The van der Waals surface area contributed by atoms with Crippen LogP contribution in [0.1, 0.15) is 24.8 Å². The van der Waals surface area contributed by atoms with Crippen molar-refractivity contribution < 1.29 is 4.79 Å². The molecule has 28 heavy (non-hydrogen) atoms. The van der Waals surface area contributed by atoms with Gasteiger partial charge in [-0.1, -0.05) is 29.8 Å². The highest BCUT2D eigenvalue weighted by Gasteiger charge is 2.49. The molecule has 3 aromatic rings. The van der Waals surface area contributed by atoms with Crippen molar-refractivity contribution in [2.24, 2.45) is 5.41 Å². The lowest BCUT2D eigenvalue weighted by molar-refractivity contribution is -0.126. The molecular formula is C20H21ClN6O. The number of nitrogens with one attached hydrogen (secondary N) is 1. The minimum atomic E-state index is -0.392. The molecule has 0 saturated carbocycles. The molecule has 1 aromatic carbocycles. The fourth-order valence-electron chi connectivity index (χ4n) is 4.53. The number of rotatable bonds is 2. The fourth-order valence-corrected chi connectivity index (χ4v) is 4.74. The van der Waals surface area contributed by atoms with Crippen molar-refractivity contribution in [1.82, 2.24) is 19.9 Å². The minimum absolute atomic E-state index is 0.207. The number of imidazole rings is 1. The van der Waals surface area contributed by atoms with E-state index >= 15 is 0 Å². The average Bonchev–Trinajstić information content (AvgIpc) is 3.29. The number of para-hydroxylation sites is 1. The third kappa shape index (κ3) is 2.64. The predicted octanol–water partition coefficient (Wildman–Crippen LogP) is 3.34. The molecule has 0 radical (unpaired) electrons. The molecule has 2 aliphatic heterocycles. The summed E-state index contributed by atoms with van der Waals surface area (Å²) >= 11 is 6.30. The number of anilines is 2. The van der Waals surface area contributed by atoms with Gasteiger partial charge in [0.15, 0.2) is 10.8 Å². The number of benzene rings is 1. The third-order valence-corrected chi connectivity index (χ3v) is 6.28. The summed E-state index contributed by atoms with van der Waals surface area (Å²) in [7, 11) is 0. The lowest BCUT2D eigenvalue weighted by Gasteiger charge is -2.39. The number of hydrogen-bond acceptors (Lipinski definition) is 5. The SMILES string of the molecule is Cc1ccccc1N1CCC2(CCCN(c3nc(Cl)c4[nH]cnc4n3)C2)C1=O. The summed E-state index contributed by atoms with van der Waals surface area (Å²) in [4.78, 5) is 33.7. The second-order valence-corrected chi connectivity index (χ2v) is 8.07. The minimum Gasteiger partial charge on any atom is -0.341 e. The van der Waals surface area contributed by atoms with E-state index in [1.165, 1.54) is 0 Å². The summed E-state index contributed by atoms with van der Waals surface area (Å²) in [6.07, 6.45) is 4.22. The molecule has 2 aliphatic rings. The second-order valence-electron chi connectivity index (χ2n) is 7.71. The maximum absolute atomic E-state index is 13.5. The van der Waals surface area contributed by atoms with Crippen molar-refractivity contribution in [2.45, 2.75) is 26.2 Å². The van der Waals surface area contributed by atoms with Gasteiger partial charge < -0.3 is 14.8 Å². The second kappa shape index (κ2) is 6.44. The van der Waals surface area contributed by atoms with Crippen LogP contribution in [0.3, 0.4) is 0 Å². The zero-order valence-electron chi connectivity index (χ0n) is 15.7. The highest BCUT2D eigenvalue weighted by atomic mass is 35.5. The lowest BCUT2D eigenvalue weighted by Crippen LogP contribution is -2.48. The van der Waals surface area contributed by atoms with Gasteiger partial charge in [0.2, 0.25) is 11.9 Å². The van der Waals surface area contributed by atoms with Crippen molar-refractivity contribution in [2.75, 3.05) is 29.4 Å². The van der Waals surface area contributed by atoms with Crippen molar-refractivity contribution in [3.8, 4) is 0 Å². The Morgan fingerprint density at radius 1 is 1.18 bits per heavy atom. The van der Waals surface area contributed by atoms with E-state index in [0.29, 0.717) is 28.8 Å². The van der Waals surface area contributed by atoms with Gasteiger partial charge in [-0.2, -0.15) is 9.97 Å². The molecule has 7 nitrogen and oxygen atoms in total. The summed E-state index contributed by atoms with van der Waals surface area (Å²) < 4.78 is 0. The van der Waals surface area contributed by atoms with Crippen LogP contribution >= 0.6 is 11.6 Å². The van der Waals surface area contributed by atoms with Crippen LogP contribution in [0.5, 0.6) is 0 Å². The van der Waals surface area contributed by atoms with Gasteiger partial charge in [0, 0.05) is 25.3 Å². The van der Waals surface area contributed by atoms with E-state index < -0.39 is 5.41 Å². The number of aromatic nitrogens is 4. The summed E-state index contributed by atoms with van der Waals surface area (Å²) in [5.41, 5.74) is 2.93. The maximum Gasteiger partial charge on any atom is 0.235 e. The zero-order chi connectivity index (χ0) is 19.3. The molecule has 2 saturated heterocycles. The predicted molar refractivity (Wildman–Crippen MR) is 109 cm³/mol. The highest BCUT2D eigenvalue weighted by molar-refractivity contribution is 6.33. The van der Waals surface area contributed by atoms with Crippen molar-refractivity contribution in [3.05, 3.63) is 41.3 Å². The Bertz CT molecular complexity index is 1070. The van der Waals surface area contributed by atoms with E-state index in [1.807, 2.05) is 23.1 Å². The molecule has 1 unspecified atom stereocenters. The number of nitrogens with zero attached hydrogens (tertiary/aromatic N) is 5. The molecule has 4 heterocycles. The quantitative estimate of drug-likeness (QED) is 0.672. The van der Waals surface area contributed by atoms with E-state index in [-0.39, 0.29) is 5.91 Å². The van der Waals surface area contributed by atoms with Crippen LogP contribution < -0.4 is 9.80 Å². The zero-order valence-corrected chi connectivity index (χ0v) is 16.4. The number of fused-ring (bicyclic) bond motifs is 1. The Balaban J connectivity index is 1.45. The Morgan fingerprint density at radius 2 is 2.04 bits per heavy atom. The van der Waals surface area contributed by atoms with Crippen LogP contribution in [0.15, 0.2) is 30.6 Å². The van der Waals surface area contributed by atoms with E-state index in [2.05, 4.69) is 37.8 Å². The lowest BCUT2D eigenvalue weighted by atomic mass is 9.78. The Hall–Kier alpha value is -2.67. The van der Waals surface area contributed by atoms with Crippen molar-refractivity contribution in [3.63, 3.8) is 0 Å². The van der Waals surface area contributed by atoms with Crippen LogP contribution in [0.2, 0.25) is 5.15 Å². The summed E-state index contributed by atoms with van der Waals surface area (Å²) in [6.45, 7) is 4.22. The summed E-state index contributed by atoms with van der Waals surface area (Å²) in [5.74, 6) is 0.754. The molecule has 1 N–H and O–H groups in total. The Kier molecular flexibility index (Phi) is 4.01. The summed E-state index contributed by atoms with van der Waals surface area (Å²) in [6, 6.07) is 8.07. The van der Waals surface area contributed by atoms with Crippen molar-refractivity contribution in [1.29, 1.82) is 0 Å². The number of piperidine rings is 1. The first-order valence-electron chi connectivity index (χ1n) is 9.57. The first-order chi connectivity index (χ1) is 13.6. The normalized spacial score (nSPS) is 22.6. The first-order valence-corrected chi connectivity index (χ1v) is 9.94. The molecule has 8 heteroatoms. The number of carbonyl (C=O) groups excluding carboxylic acids is 1. The van der Waals surface area contributed by atoms with Gasteiger partial charge in [-0.25, -0.2) is 4.98 Å². The third-order valence-electron chi connectivity index (χ3n) is 6.01. The van der Waals surface area contributed by atoms with Crippen LogP contribution in [0, 0.1) is 12.3 Å². The Labute approximate surface area is 167 Å². The number of hydrogen-bond donors (Lipinski definition) is 1. The molecule has 2 aromatic heterocycles. The average molecular weight is 397 g/mol. The van der Waals surface area contributed by atoms with Crippen LogP contribution in [0.25, 0.3) is 11.2 Å². The van der Waals surface area contributed by atoms with E-state index in [0.717, 1.165) is 43.6 Å². The largest absolute Gasteiger partial charge is 0.341 e. The molecule has 0 aliphatic carbocycles. The van der Waals surface area contributed by atoms with Gasteiger partial charge >= 0.3 is 0 Å². The molecular weight excluding hydrogens is 376 g/mol. The van der Waals surface area contributed by atoms with Crippen LogP contribution in [-0.4, -0.2) is 45.5 Å². The molecule has 1 spiro atoms. The number of aromatic amines is 1. The van der Waals surface area contributed by atoms with Gasteiger partial charge in [-0.3, -0.25) is 4.79 Å².